The first-order valence-corrected chi connectivity index (χ1v) is 8.11. The number of pyridine rings is 1. The Balaban J connectivity index is 1.79. The number of hydrogen-bond donors (Lipinski definition) is 1. The van der Waals surface area contributed by atoms with Crippen LogP contribution in [0.1, 0.15) is 16.8 Å². The first kappa shape index (κ1) is 16.1. The van der Waals surface area contributed by atoms with Crippen molar-refractivity contribution < 1.29 is 4.74 Å². The van der Waals surface area contributed by atoms with Gasteiger partial charge in [0.1, 0.15) is 6.61 Å². The molecule has 1 N–H and O–H groups in total. The van der Waals surface area contributed by atoms with E-state index in [1.807, 2.05) is 44.3 Å². The lowest BCUT2D eigenvalue weighted by atomic mass is 10.0. The van der Waals surface area contributed by atoms with Gasteiger partial charge in [-0.25, -0.2) is 4.98 Å². The van der Waals surface area contributed by atoms with Gasteiger partial charge in [0.25, 0.3) is 0 Å². The van der Waals surface area contributed by atoms with Crippen LogP contribution in [0.2, 0.25) is 0 Å². The normalized spacial score (nSPS) is 10.5. The fourth-order valence-electron chi connectivity index (χ4n) is 2.82. The van der Waals surface area contributed by atoms with Crippen molar-refractivity contribution in [2.45, 2.75) is 20.5 Å². The molecule has 0 spiro atoms. The predicted molar refractivity (Wildman–Crippen MR) is 99.5 cm³/mol. The summed E-state index contributed by atoms with van der Waals surface area (Å²) in [6.07, 6.45) is 0. The van der Waals surface area contributed by atoms with Gasteiger partial charge in [-0.2, -0.15) is 0 Å². The number of anilines is 1. The Kier molecular flexibility index (Phi) is 4.80. The Hall–Kier alpha value is -2.81. The molecule has 3 rings (SSSR count). The molecule has 24 heavy (non-hydrogen) atoms. The van der Waals surface area contributed by atoms with Crippen LogP contribution in [0.15, 0.2) is 60.7 Å². The standard InChI is InChI=1S/C21H22N2O/c1-15-8-7-11-20(22-3)19(15)14-24-21-13-12-18(16(2)23-21)17-9-5-4-6-10-17/h4-13,22H,14H2,1-3H3. The van der Waals surface area contributed by atoms with Gasteiger partial charge in [-0.15, -0.1) is 0 Å². The second-order valence-electron chi connectivity index (χ2n) is 5.79. The number of hydrogen-bond acceptors (Lipinski definition) is 3. The van der Waals surface area contributed by atoms with E-state index in [0.29, 0.717) is 12.5 Å². The molecule has 2 aromatic carbocycles. The van der Waals surface area contributed by atoms with Crippen LogP contribution in [-0.2, 0) is 6.61 Å². The summed E-state index contributed by atoms with van der Waals surface area (Å²) in [5.74, 6) is 0.650. The summed E-state index contributed by atoms with van der Waals surface area (Å²) in [5.41, 5.74) is 6.73. The first-order valence-electron chi connectivity index (χ1n) is 8.11. The Morgan fingerprint density at radius 1 is 0.917 bits per heavy atom. The van der Waals surface area contributed by atoms with Gasteiger partial charge >= 0.3 is 0 Å². The molecule has 0 aliphatic carbocycles. The topological polar surface area (TPSA) is 34.1 Å². The molecule has 3 aromatic rings. The van der Waals surface area contributed by atoms with E-state index >= 15 is 0 Å². The number of rotatable bonds is 5. The van der Waals surface area contributed by atoms with Gasteiger partial charge in [0.2, 0.25) is 5.88 Å². The highest BCUT2D eigenvalue weighted by atomic mass is 16.5. The molecular formula is C21H22N2O. The van der Waals surface area contributed by atoms with Crippen molar-refractivity contribution in [3.8, 4) is 17.0 Å². The maximum absolute atomic E-state index is 5.94. The second kappa shape index (κ2) is 7.18. The average molecular weight is 318 g/mol. The highest BCUT2D eigenvalue weighted by Crippen LogP contribution is 2.25. The highest BCUT2D eigenvalue weighted by molar-refractivity contribution is 5.65. The number of ether oxygens (including phenoxy) is 1. The quantitative estimate of drug-likeness (QED) is 0.720. The molecule has 1 aromatic heterocycles. The van der Waals surface area contributed by atoms with E-state index in [9.17, 15) is 0 Å². The third-order valence-electron chi connectivity index (χ3n) is 4.19. The molecule has 122 valence electrons. The molecule has 0 saturated carbocycles. The third-order valence-corrected chi connectivity index (χ3v) is 4.19. The van der Waals surface area contributed by atoms with Crippen molar-refractivity contribution in [1.29, 1.82) is 0 Å². The number of benzene rings is 2. The largest absolute Gasteiger partial charge is 0.473 e. The summed E-state index contributed by atoms with van der Waals surface area (Å²) in [6.45, 7) is 4.61. The van der Waals surface area contributed by atoms with Gasteiger partial charge in [-0.1, -0.05) is 42.5 Å². The summed E-state index contributed by atoms with van der Waals surface area (Å²) in [5, 5.41) is 3.21. The molecule has 3 nitrogen and oxygen atoms in total. The molecule has 1 heterocycles. The molecular weight excluding hydrogens is 296 g/mol. The first-order chi connectivity index (χ1) is 11.7. The number of nitrogens with one attached hydrogen (secondary N) is 1. The van der Waals surface area contributed by atoms with E-state index in [0.717, 1.165) is 22.5 Å². The molecule has 0 fully saturated rings. The van der Waals surface area contributed by atoms with Crippen LogP contribution in [0.5, 0.6) is 5.88 Å². The lowest BCUT2D eigenvalue weighted by molar-refractivity contribution is 0.293. The maximum Gasteiger partial charge on any atom is 0.213 e. The SMILES string of the molecule is CNc1cccc(C)c1COc1ccc(-c2ccccc2)c(C)n1. The lowest BCUT2D eigenvalue weighted by Gasteiger charge is -2.14. The predicted octanol–water partition coefficient (Wildman–Crippen LogP) is 4.99. The zero-order valence-corrected chi connectivity index (χ0v) is 14.3. The maximum atomic E-state index is 5.94. The highest BCUT2D eigenvalue weighted by Gasteiger charge is 2.08. The number of nitrogens with zero attached hydrogens (tertiary/aromatic N) is 1. The monoisotopic (exact) mass is 318 g/mol. The molecule has 0 aliphatic rings. The summed E-state index contributed by atoms with van der Waals surface area (Å²) < 4.78 is 5.94. The summed E-state index contributed by atoms with van der Waals surface area (Å²) in [7, 11) is 1.93. The van der Waals surface area contributed by atoms with Gasteiger partial charge in [0, 0.05) is 35.6 Å². The van der Waals surface area contributed by atoms with E-state index in [1.54, 1.807) is 0 Å². The molecule has 3 heteroatoms. The van der Waals surface area contributed by atoms with E-state index in [4.69, 9.17) is 4.74 Å². The Labute approximate surface area is 143 Å². The van der Waals surface area contributed by atoms with Crippen molar-refractivity contribution in [2.24, 2.45) is 0 Å². The van der Waals surface area contributed by atoms with Gasteiger partial charge in [-0.3, -0.25) is 0 Å². The van der Waals surface area contributed by atoms with Crippen LogP contribution in [-0.4, -0.2) is 12.0 Å². The van der Waals surface area contributed by atoms with Crippen molar-refractivity contribution in [3.63, 3.8) is 0 Å². The van der Waals surface area contributed by atoms with Crippen molar-refractivity contribution in [3.05, 3.63) is 77.5 Å². The Morgan fingerprint density at radius 3 is 2.42 bits per heavy atom. The van der Waals surface area contributed by atoms with Gasteiger partial charge in [-0.05, 0) is 37.1 Å². The van der Waals surface area contributed by atoms with E-state index in [-0.39, 0.29) is 0 Å². The third kappa shape index (κ3) is 3.40. The van der Waals surface area contributed by atoms with Gasteiger partial charge < -0.3 is 10.1 Å². The average Bonchev–Trinajstić information content (AvgIpc) is 2.61. The van der Waals surface area contributed by atoms with Crippen LogP contribution in [0.25, 0.3) is 11.1 Å². The fourth-order valence-corrected chi connectivity index (χ4v) is 2.82. The summed E-state index contributed by atoms with van der Waals surface area (Å²) in [6, 6.07) is 20.5. The smallest absolute Gasteiger partial charge is 0.213 e. The second-order valence-corrected chi connectivity index (χ2v) is 5.79. The zero-order chi connectivity index (χ0) is 16.9. The van der Waals surface area contributed by atoms with Crippen LogP contribution in [0.4, 0.5) is 5.69 Å². The van der Waals surface area contributed by atoms with Gasteiger partial charge in [0.05, 0.1) is 0 Å². The Bertz CT molecular complexity index is 828. The lowest BCUT2D eigenvalue weighted by Crippen LogP contribution is -2.04. The molecule has 0 radical (unpaired) electrons. The minimum atomic E-state index is 0.500. The Morgan fingerprint density at radius 2 is 1.71 bits per heavy atom. The minimum Gasteiger partial charge on any atom is -0.473 e. The number of aryl methyl sites for hydroxylation is 2. The molecule has 0 atom stereocenters. The summed E-state index contributed by atoms with van der Waals surface area (Å²) >= 11 is 0. The van der Waals surface area contributed by atoms with Crippen molar-refractivity contribution in [1.82, 2.24) is 4.98 Å². The van der Waals surface area contributed by atoms with Crippen LogP contribution in [0.3, 0.4) is 0 Å². The van der Waals surface area contributed by atoms with E-state index < -0.39 is 0 Å². The van der Waals surface area contributed by atoms with E-state index in [1.165, 1.54) is 11.1 Å². The minimum absolute atomic E-state index is 0.500. The fraction of sp³-hybridized carbons (Fsp3) is 0.190. The zero-order valence-electron chi connectivity index (χ0n) is 14.3. The molecule has 0 amide bonds. The molecule has 0 aliphatic heterocycles. The summed E-state index contributed by atoms with van der Waals surface area (Å²) in [4.78, 5) is 4.61. The van der Waals surface area contributed by atoms with Gasteiger partial charge in [0.15, 0.2) is 0 Å². The van der Waals surface area contributed by atoms with Crippen LogP contribution >= 0.6 is 0 Å². The van der Waals surface area contributed by atoms with Crippen molar-refractivity contribution >= 4 is 5.69 Å². The number of aromatic nitrogens is 1. The molecule has 0 bridgehead atoms. The van der Waals surface area contributed by atoms with Crippen LogP contribution < -0.4 is 10.1 Å². The molecule has 0 unspecified atom stereocenters. The van der Waals surface area contributed by atoms with Crippen molar-refractivity contribution in [2.75, 3.05) is 12.4 Å². The van der Waals surface area contributed by atoms with E-state index in [2.05, 4.69) is 47.6 Å². The van der Waals surface area contributed by atoms with Crippen LogP contribution in [0, 0.1) is 13.8 Å². The molecule has 0 saturated heterocycles.